The van der Waals surface area contributed by atoms with Crippen LogP contribution in [0, 0.1) is 5.92 Å². The van der Waals surface area contributed by atoms with Gasteiger partial charge in [0.1, 0.15) is 5.82 Å². The molecule has 1 unspecified atom stereocenters. The summed E-state index contributed by atoms with van der Waals surface area (Å²) in [5.41, 5.74) is 0.799. The largest absolute Gasteiger partial charge is 0.356 e. The van der Waals surface area contributed by atoms with Crippen LogP contribution >= 0.6 is 0 Å². The molecule has 2 aliphatic heterocycles. The van der Waals surface area contributed by atoms with E-state index < -0.39 is 0 Å². The van der Waals surface area contributed by atoms with E-state index in [1.54, 1.807) is 0 Å². The van der Waals surface area contributed by atoms with Crippen LogP contribution in [0.4, 0.5) is 5.82 Å². The van der Waals surface area contributed by atoms with Crippen LogP contribution in [0.5, 0.6) is 0 Å². The summed E-state index contributed by atoms with van der Waals surface area (Å²) in [6.45, 7) is 6.10. The third kappa shape index (κ3) is 4.08. The zero-order valence-corrected chi connectivity index (χ0v) is 15.0. The first-order valence-corrected chi connectivity index (χ1v) is 9.79. The molecule has 1 aromatic rings. The zero-order chi connectivity index (χ0) is 16.8. The molecule has 0 saturated carbocycles. The number of nitrogens with zero attached hydrogens (tertiary/aromatic N) is 3. The summed E-state index contributed by atoms with van der Waals surface area (Å²) < 4.78 is 0. The second-order valence-electron chi connectivity index (χ2n) is 7.30. The van der Waals surface area contributed by atoms with Gasteiger partial charge in [0.25, 0.3) is 5.91 Å². The predicted molar refractivity (Wildman–Crippen MR) is 98.5 cm³/mol. The molecule has 3 heterocycles. The summed E-state index contributed by atoms with van der Waals surface area (Å²) >= 11 is 0. The molecule has 1 atom stereocenters. The number of rotatable bonds is 4. The summed E-state index contributed by atoms with van der Waals surface area (Å²) in [7, 11) is 0. The van der Waals surface area contributed by atoms with Gasteiger partial charge in [-0.2, -0.15) is 0 Å². The van der Waals surface area contributed by atoms with Crippen LogP contribution in [0.1, 0.15) is 68.6 Å². The standard InChI is InChI=1S/C20H31N3O/c1-2-8-17-9-7-15-23(16-11-17)20(24)18-10-6-12-21-19(18)22-13-4-3-5-14-22/h6,10,12,17H,2-5,7-9,11,13-16H2,1H3. The first-order chi connectivity index (χ1) is 11.8. The van der Waals surface area contributed by atoms with Crippen molar-refractivity contribution in [2.45, 2.75) is 58.3 Å². The Bertz CT molecular complexity index is 539. The molecule has 3 rings (SSSR count). The van der Waals surface area contributed by atoms with Gasteiger partial charge < -0.3 is 9.80 Å². The van der Waals surface area contributed by atoms with E-state index >= 15 is 0 Å². The highest BCUT2D eigenvalue weighted by molar-refractivity contribution is 5.99. The molecule has 0 aromatic carbocycles. The number of carbonyl (C=O) groups excluding carboxylic acids is 1. The second-order valence-corrected chi connectivity index (χ2v) is 7.30. The molecule has 2 fully saturated rings. The summed E-state index contributed by atoms with van der Waals surface area (Å²) in [6.07, 6.45) is 11.6. The maximum Gasteiger partial charge on any atom is 0.257 e. The van der Waals surface area contributed by atoms with Gasteiger partial charge in [-0.05, 0) is 56.6 Å². The molecule has 2 saturated heterocycles. The predicted octanol–water partition coefficient (Wildman–Crippen LogP) is 4.11. The van der Waals surface area contributed by atoms with Crippen molar-refractivity contribution in [2.75, 3.05) is 31.1 Å². The average Bonchev–Trinajstić information content (AvgIpc) is 2.88. The Balaban J connectivity index is 1.72. The van der Waals surface area contributed by atoms with Crippen LogP contribution < -0.4 is 4.90 Å². The van der Waals surface area contributed by atoms with Gasteiger partial charge in [-0.1, -0.05) is 19.8 Å². The molecule has 2 aliphatic rings. The van der Waals surface area contributed by atoms with Gasteiger partial charge in [0.2, 0.25) is 0 Å². The summed E-state index contributed by atoms with van der Waals surface area (Å²) in [5.74, 6) is 1.88. The van der Waals surface area contributed by atoms with Crippen molar-refractivity contribution >= 4 is 11.7 Å². The third-order valence-corrected chi connectivity index (χ3v) is 5.50. The molecule has 1 amide bonds. The van der Waals surface area contributed by atoms with Gasteiger partial charge in [0.05, 0.1) is 5.56 Å². The van der Waals surface area contributed by atoms with Crippen molar-refractivity contribution in [3.8, 4) is 0 Å². The minimum Gasteiger partial charge on any atom is -0.356 e. The molecule has 4 heteroatoms. The van der Waals surface area contributed by atoms with E-state index in [4.69, 9.17) is 0 Å². The van der Waals surface area contributed by atoms with E-state index in [2.05, 4.69) is 21.7 Å². The van der Waals surface area contributed by atoms with Crippen molar-refractivity contribution in [1.82, 2.24) is 9.88 Å². The molecule has 0 N–H and O–H groups in total. The maximum absolute atomic E-state index is 13.1. The van der Waals surface area contributed by atoms with Crippen LogP contribution in [-0.2, 0) is 0 Å². The highest BCUT2D eigenvalue weighted by Gasteiger charge is 2.25. The van der Waals surface area contributed by atoms with Gasteiger partial charge in [-0.15, -0.1) is 0 Å². The number of hydrogen-bond donors (Lipinski definition) is 0. The number of likely N-dealkylation sites (tertiary alicyclic amines) is 1. The minimum atomic E-state index is 0.181. The van der Waals surface area contributed by atoms with E-state index in [9.17, 15) is 4.79 Å². The molecule has 0 aliphatic carbocycles. The van der Waals surface area contributed by atoms with Crippen LogP contribution in [0.15, 0.2) is 18.3 Å². The zero-order valence-electron chi connectivity index (χ0n) is 15.0. The number of hydrogen-bond acceptors (Lipinski definition) is 3. The van der Waals surface area contributed by atoms with Crippen molar-refractivity contribution < 1.29 is 4.79 Å². The lowest BCUT2D eigenvalue weighted by Gasteiger charge is -2.30. The Labute approximate surface area is 146 Å². The molecule has 1 aromatic heterocycles. The lowest BCUT2D eigenvalue weighted by Crippen LogP contribution is -2.36. The summed E-state index contributed by atoms with van der Waals surface area (Å²) in [4.78, 5) is 22.1. The fraction of sp³-hybridized carbons (Fsp3) is 0.700. The summed E-state index contributed by atoms with van der Waals surface area (Å²) in [6, 6.07) is 3.87. The van der Waals surface area contributed by atoms with E-state index in [1.165, 1.54) is 38.5 Å². The normalized spacial score (nSPS) is 22.3. The Morgan fingerprint density at radius 3 is 2.75 bits per heavy atom. The van der Waals surface area contributed by atoms with Crippen LogP contribution in [-0.4, -0.2) is 42.0 Å². The number of anilines is 1. The Morgan fingerprint density at radius 1 is 1.12 bits per heavy atom. The van der Waals surface area contributed by atoms with E-state index in [-0.39, 0.29) is 5.91 Å². The van der Waals surface area contributed by atoms with Crippen molar-refractivity contribution in [3.63, 3.8) is 0 Å². The highest BCUT2D eigenvalue weighted by atomic mass is 16.2. The Morgan fingerprint density at radius 2 is 1.96 bits per heavy atom. The molecule has 0 bridgehead atoms. The van der Waals surface area contributed by atoms with Crippen LogP contribution in [0.3, 0.4) is 0 Å². The van der Waals surface area contributed by atoms with Gasteiger partial charge in [0, 0.05) is 32.4 Å². The SMILES string of the molecule is CCCC1CCCN(C(=O)c2cccnc2N2CCCCC2)CC1. The van der Waals surface area contributed by atoms with E-state index in [0.717, 1.165) is 56.3 Å². The molecular formula is C20H31N3O. The number of aromatic nitrogens is 1. The number of piperidine rings is 1. The van der Waals surface area contributed by atoms with Gasteiger partial charge in [-0.25, -0.2) is 4.98 Å². The quantitative estimate of drug-likeness (QED) is 0.834. The fourth-order valence-corrected chi connectivity index (χ4v) is 4.16. The van der Waals surface area contributed by atoms with E-state index in [0.29, 0.717) is 0 Å². The van der Waals surface area contributed by atoms with Crippen LogP contribution in [0.25, 0.3) is 0 Å². The van der Waals surface area contributed by atoms with Gasteiger partial charge in [0.15, 0.2) is 0 Å². The van der Waals surface area contributed by atoms with Gasteiger partial charge in [-0.3, -0.25) is 4.79 Å². The van der Waals surface area contributed by atoms with Crippen LogP contribution in [0.2, 0.25) is 0 Å². The smallest absolute Gasteiger partial charge is 0.257 e. The number of pyridine rings is 1. The molecule has 0 spiro atoms. The van der Waals surface area contributed by atoms with Crippen molar-refractivity contribution in [2.24, 2.45) is 5.92 Å². The fourth-order valence-electron chi connectivity index (χ4n) is 4.16. The average molecular weight is 329 g/mol. The van der Waals surface area contributed by atoms with E-state index in [1.807, 2.05) is 18.3 Å². The first-order valence-electron chi connectivity index (χ1n) is 9.79. The maximum atomic E-state index is 13.1. The van der Waals surface area contributed by atoms with Crippen molar-refractivity contribution in [3.05, 3.63) is 23.9 Å². The lowest BCUT2D eigenvalue weighted by molar-refractivity contribution is 0.0760. The molecular weight excluding hydrogens is 298 g/mol. The molecule has 132 valence electrons. The number of amides is 1. The Kier molecular flexibility index (Phi) is 6.11. The highest BCUT2D eigenvalue weighted by Crippen LogP contribution is 2.26. The Hall–Kier alpha value is -1.58. The lowest BCUT2D eigenvalue weighted by atomic mass is 9.96. The monoisotopic (exact) mass is 329 g/mol. The third-order valence-electron chi connectivity index (χ3n) is 5.50. The molecule has 4 nitrogen and oxygen atoms in total. The second kappa shape index (κ2) is 8.50. The minimum absolute atomic E-state index is 0.181. The number of carbonyl (C=O) groups is 1. The molecule has 0 radical (unpaired) electrons. The summed E-state index contributed by atoms with van der Waals surface area (Å²) in [5, 5.41) is 0. The molecule has 24 heavy (non-hydrogen) atoms. The topological polar surface area (TPSA) is 36.4 Å². The first kappa shape index (κ1) is 17.2. The van der Waals surface area contributed by atoms with Crippen molar-refractivity contribution in [1.29, 1.82) is 0 Å². The van der Waals surface area contributed by atoms with Gasteiger partial charge >= 0.3 is 0 Å².